The molecule has 4 N–H and O–H groups in total. The van der Waals surface area contributed by atoms with Crippen molar-refractivity contribution in [3.05, 3.63) is 12.2 Å². The Morgan fingerprint density at radius 1 is 0.338 bits per heavy atom. The topological polar surface area (TPSA) is 244 Å². The zero-order valence-electron chi connectivity index (χ0n) is 93.9. The van der Waals surface area contributed by atoms with Crippen LogP contribution >= 0.6 is 0 Å². The number of ketones is 4. The van der Waals surface area contributed by atoms with Crippen molar-refractivity contribution in [2.45, 2.75) is 484 Å². The van der Waals surface area contributed by atoms with Crippen LogP contribution in [0, 0.1) is 105 Å². The Kier molecular flexibility index (Phi) is 55.2. The molecule has 0 saturated carbocycles. The molecule has 18 nitrogen and oxygen atoms in total. The monoisotopic (exact) mass is 1840 g/mol. The molecule has 7 atom stereocenters. The van der Waals surface area contributed by atoms with Gasteiger partial charge in [0.15, 0.2) is 0 Å². The summed E-state index contributed by atoms with van der Waals surface area (Å²) < 4.78 is 11.2. The van der Waals surface area contributed by atoms with Gasteiger partial charge in [-0.15, -0.1) is 0 Å². The predicted octanol–water partition coefficient (Wildman–Crippen LogP) is 26.6. The Bertz CT molecular complexity index is 3370. The molecule has 2 aliphatic heterocycles. The lowest BCUT2D eigenvalue weighted by molar-refractivity contribution is -0.143. The normalized spacial score (nSPS) is 16.6. The Hall–Kier alpha value is -4.84. The molecule has 130 heavy (non-hydrogen) atoms. The first-order chi connectivity index (χ1) is 58.1. The van der Waals surface area contributed by atoms with Gasteiger partial charge in [-0.25, -0.2) is 0 Å². The number of nitrogens with one attached hydrogen (secondary N) is 4. The summed E-state index contributed by atoms with van der Waals surface area (Å²) in [5, 5.41) is 12.0. The molecule has 0 aromatic heterocycles. The minimum Gasteiger partial charge on any atom is -0.379 e. The number of unbranched alkanes of at least 4 members (excludes halogenated alkanes) is 5. The summed E-state index contributed by atoms with van der Waals surface area (Å²) in [6.45, 7) is 105. The van der Waals surface area contributed by atoms with Crippen molar-refractivity contribution in [2.24, 2.45) is 105 Å². The van der Waals surface area contributed by atoms with E-state index in [9.17, 15) is 47.9 Å². The van der Waals surface area contributed by atoms with Crippen LogP contribution in [0.15, 0.2) is 12.2 Å². The molecule has 2 aliphatic rings. The van der Waals surface area contributed by atoms with Crippen molar-refractivity contribution in [1.29, 1.82) is 0 Å². The van der Waals surface area contributed by atoms with Crippen LogP contribution in [-0.2, 0) is 57.4 Å². The minimum atomic E-state index is -0.652. The van der Waals surface area contributed by atoms with Gasteiger partial charge in [-0.2, -0.15) is 0 Å². The minimum absolute atomic E-state index is 0.00351. The van der Waals surface area contributed by atoms with Gasteiger partial charge in [-0.3, -0.25) is 47.9 Å². The molecule has 0 bridgehead atoms. The number of hydrogen-bond acceptors (Lipinski definition) is 12. The molecule has 0 aliphatic carbocycles. The predicted molar refractivity (Wildman–Crippen MR) is 549 cm³/mol. The molecule has 0 radical (unpaired) electrons. The molecule has 2 heterocycles. The van der Waals surface area contributed by atoms with Crippen LogP contribution in [0.3, 0.4) is 0 Å². The number of Topliss-reactive ketones (excluding diaryl/α,β-unsaturated/α-hetero) is 4. The van der Waals surface area contributed by atoms with Crippen molar-refractivity contribution in [1.82, 2.24) is 31.1 Å². The maximum atomic E-state index is 13.8. The van der Waals surface area contributed by atoms with E-state index in [1.54, 1.807) is 4.90 Å². The standard InChI is InChI=1S/C28H49N3O3.C23H45NO2.C22H42N2O3.C20H40O.C19H38O3/c1-19(27(5,6)7)20-13-11-18-31(20)25(34)23(28(8,9)10)29-24(33)21-14-12-17-30(21)22(32)15-16-26(2,3)4;1-21(2,3)16-13-14-18(22(4,5)6)20(26)24-17-12-10-11-15-19(25)23(7,8)9;1-20(2,3)13-14-23-17(25)11-10-12-18(26)24-15-16(21(4,5)6)19(27)22(7,8)9;1-18(2,3)15-13-11-10-12-14-16(19(4,5)6)17(21)20(7,8)9;1-17(2,3)14-22-13-12-21-11-10-15(18(4,5)6)16(20)19(7,8)9/h20-21,23H,1,11-18H2,2-10H3,(H,29,33);18H,10-17H2,1-9H3,(H,24,26);16H,10-15H2,1-9H3,(H,23,25)(H,24,26);16H,10-15H2,1-9H3;15H,10-14H2,1-9H3. The average Bonchev–Trinajstić information content (AvgIpc) is 1.66. The first-order valence-electron chi connectivity index (χ1n) is 50.8. The largest absolute Gasteiger partial charge is 0.379 e. The Balaban J connectivity index is -0.00000157. The highest BCUT2D eigenvalue weighted by Crippen LogP contribution is 2.41. The fourth-order valence-corrected chi connectivity index (χ4v) is 15.8. The highest BCUT2D eigenvalue weighted by atomic mass is 16.5. The Morgan fingerprint density at radius 3 is 1.18 bits per heavy atom. The second kappa shape index (κ2) is 55.5. The lowest BCUT2D eigenvalue weighted by Crippen LogP contribution is -2.59. The number of nitrogens with zero attached hydrogens (tertiary/aromatic N) is 2. The van der Waals surface area contributed by atoms with Crippen LogP contribution in [0.25, 0.3) is 0 Å². The number of likely N-dealkylation sites (tertiary alicyclic amines) is 2. The summed E-state index contributed by atoms with van der Waals surface area (Å²) in [5.74, 6) is 1.16. The van der Waals surface area contributed by atoms with Crippen LogP contribution in [0.4, 0.5) is 0 Å². The van der Waals surface area contributed by atoms with E-state index in [0.29, 0.717) is 119 Å². The van der Waals surface area contributed by atoms with Crippen LogP contribution in [0.2, 0.25) is 0 Å². The third kappa shape index (κ3) is 59.2. The summed E-state index contributed by atoms with van der Waals surface area (Å²) in [6, 6.07) is -1.15. The molecule has 2 saturated heterocycles. The number of amides is 6. The van der Waals surface area contributed by atoms with Crippen molar-refractivity contribution < 1.29 is 57.4 Å². The third-order valence-corrected chi connectivity index (χ3v) is 24.7. The van der Waals surface area contributed by atoms with Gasteiger partial charge in [-0.05, 0) is 155 Å². The van der Waals surface area contributed by atoms with Gasteiger partial charge in [0.05, 0.1) is 25.9 Å². The number of ether oxygens (including phenoxy) is 2. The van der Waals surface area contributed by atoms with Gasteiger partial charge in [0.25, 0.3) is 0 Å². The fourth-order valence-electron chi connectivity index (χ4n) is 15.8. The summed E-state index contributed by atoms with van der Waals surface area (Å²) >= 11 is 0. The van der Waals surface area contributed by atoms with E-state index in [4.69, 9.17) is 9.47 Å². The van der Waals surface area contributed by atoms with E-state index in [-0.39, 0.29) is 131 Å². The van der Waals surface area contributed by atoms with Crippen LogP contribution < -0.4 is 21.3 Å². The van der Waals surface area contributed by atoms with Gasteiger partial charge in [0, 0.05) is 110 Å². The molecule has 2 fully saturated rings. The van der Waals surface area contributed by atoms with E-state index >= 15 is 0 Å². The second-order valence-corrected chi connectivity index (χ2v) is 55.2. The van der Waals surface area contributed by atoms with Crippen LogP contribution in [-0.4, -0.2) is 146 Å². The molecule has 0 aromatic rings. The molecular formula is C112H214N6O12. The summed E-state index contributed by atoms with van der Waals surface area (Å²) in [5.41, 5.74) is 0.375. The van der Waals surface area contributed by atoms with E-state index in [1.165, 1.54) is 32.1 Å². The first kappa shape index (κ1) is 129. The zero-order chi connectivity index (χ0) is 103. The van der Waals surface area contributed by atoms with Crippen molar-refractivity contribution >= 4 is 58.6 Å². The average molecular weight is 1840 g/mol. The number of rotatable bonds is 40. The Labute approximate surface area is 802 Å². The smallest absolute Gasteiger partial charge is 0.246 e. The van der Waals surface area contributed by atoms with Gasteiger partial charge >= 0.3 is 0 Å². The van der Waals surface area contributed by atoms with Crippen molar-refractivity contribution in [3.63, 3.8) is 0 Å². The van der Waals surface area contributed by atoms with Gasteiger partial charge < -0.3 is 40.5 Å². The van der Waals surface area contributed by atoms with Gasteiger partial charge in [0.1, 0.15) is 35.2 Å². The van der Waals surface area contributed by atoms with Gasteiger partial charge in [-0.1, -0.05) is 357 Å². The van der Waals surface area contributed by atoms with E-state index in [2.05, 4.69) is 236 Å². The molecule has 7 unspecified atom stereocenters. The van der Waals surface area contributed by atoms with E-state index in [0.717, 1.165) is 95.7 Å². The van der Waals surface area contributed by atoms with E-state index in [1.807, 2.05) is 109 Å². The number of hydrogen-bond donors (Lipinski definition) is 4. The third-order valence-electron chi connectivity index (χ3n) is 24.7. The quantitative estimate of drug-likeness (QED) is 0.0331. The lowest BCUT2D eigenvalue weighted by Gasteiger charge is -2.39. The zero-order valence-corrected chi connectivity index (χ0v) is 93.9. The number of carbonyl (C=O) groups excluding carboxylic acids is 10. The van der Waals surface area contributed by atoms with E-state index < -0.39 is 22.9 Å². The van der Waals surface area contributed by atoms with Crippen molar-refractivity contribution in [3.8, 4) is 0 Å². The first-order valence-corrected chi connectivity index (χ1v) is 50.8. The summed E-state index contributed by atoms with van der Waals surface area (Å²) in [7, 11) is 0. The molecule has 0 spiro atoms. The molecule has 0 aromatic carbocycles. The van der Waals surface area contributed by atoms with Crippen LogP contribution in [0.5, 0.6) is 0 Å². The second-order valence-electron chi connectivity index (χ2n) is 55.2. The Morgan fingerprint density at radius 2 is 0.746 bits per heavy atom. The van der Waals surface area contributed by atoms with Gasteiger partial charge in [0.2, 0.25) is 35.4 Å². The number of carbonyl (C=O) groups is 10. The maximum Gasteiger partial charge on any atom is 0.246 e. The lowest BCUT2D eigenvalue weighted by atomic mass is 9.69. The highest BCUT2D eigenvalue weighted by molar-refractivity contribution is 5.93. The summed E-state index contributed by atoms with van der Waals surface area (Å²) in [6.07, 6.45) is 21.5. The highest BCUT2D eigenvalue weighted by Gasteiger charge is 2.46. The van der Waals surface area contributed by atoms with Crippen molar-refractivity contribution in [2.75, 3.05) is 59.2 Å². The molecule has 6 amide bonds. The SMILES string of the molecule is C=C(C1CCCN1C(=O)C(NC(=O)C1CCCN1C(=O)CCC(C)(C)C)C(C)(C)C)C(C)(C)C.CC(C)(C)CCCC(C(=O)NCCCCCC(=O)C(C)(C)C)C(C)(C)C.CC(C)(C)CCCCCCC(C(=O)C(C)(C)C)C(C)(C)C.CC(C)(C)CCNC(=O)CCCC(=O)NCC(C(=O)C(C)(C)C)C(C)(C)C.CC(C)(C)COCCOCCC(C(=O)C(C)(C)C)C(C)(C)C. The molecule has 18 heteroatoms. The molecule has 764 valence electrons. The molecule has 2 rings (SSSR count). The maximum absolute atomic E-state index is 13.8. The van der Waals surface area contributed by atoms with Crippen LogP contribution in [0.1, 0.15) is 466 Å². The summed E-state index contributed by atoms with van der Waals surface area (Å²) in [4.78, 5) is 130. The molecular weight excluding hydrogens is 1620 g/mol. The fraction of sp³-hybridized carbons (Fsp3) is 0.893.